The summed E-state index contributed by atoms with van der Waals surface area (Å²) in [4.78, 5) is 15.1. The standard InChI is InChI=1S/C16H28N2O/c1-2-18(15-5-3-4-13(15)10-17)16(19)14-9-11-6-7-12(14)8-11/h11-15H,2-10,17H2,1H3. The topological polar surface area (TPSA) is 46.3 Å². The smallest absolute Gasteiger partial charge is 0.226 e. The van der Waals surface area contributed by atoms with E-state index in [2.05, 4.69) is 11.8 Å². The van der Waals surface area contributed by atoms with Crippen LogP contribution in [0.5, 0.6) is 0 Å². The molecule has 0 radical (unpaired) electrons. The summed E-state index contributed by atoms with van der Waals surface area (Å²) in [7, 11) is 0. The third-order valence-corrected chi connectivity index (χ3v) is 6.00. The molecule has 3 aliphatic carbocycles. The van der Waals surface area contributed by atoms with E-state index in [0.717, 1.165) is 19.0 Å². The van der Waals surface area contributed by atoms with E-state index in [1.54, 1.807) is 0 Å². The van der Waals surface area contributed by atoms with Crippen LogP contribution in [0, 0.1) is 23.7 Å². The van der Waals surface area contributed by atoms with Gasteiger partial charge in [0.15, 0.2) is 0 Å². The van der Waals surface area contributed by atoms with Crippen LogP contribution >= 0.6 is 0 Å². The largest absolute Gasteiger partial charge is 0.339 e. The molecule has 3 nitrogen and oxygen atoms in total. The number of nitrogens with zero attached hydrogens (tertiary/aromatic N) is 1. The molecule has 0 aromatic heterocycles. The van der Waals surface area contributed by atoms with Gasteiger partial charge in [0.1, 0.15) is 0 Å². The van der Waals surface area contributed by atoms with Gasteiger partial charge in [0.05, 0.1) is 0 Å². The molecule has 3 fully saturated rings. The fourth-order valence-corrected chi connectivity index (χ4v) is 5.02. The van der Waals surface area contributed by atoms with E-state index >= 15 is 0 Å². The van der Waals surface area contributed by atoms with Crippen LogP contribution in [-0.2, 0) is 4.79 Å². The number of nitrogens with two attached hydrogens (primary N) is 1. The van der Waals surface area contributed by atoms with Crippen molar-refractivity contribution in [2.75, 3.05) is 13.1 Å². The Bertz CT molecular complexity index is 344. The molecule has 2 N–H and O–H groups in total. The van der Waals surface area contributed by atoms with Gasteiger partial charge in [-0.2, -0.15) is 0 Å². The van der Waals surface area contributed by atoms with Gasteiger partial charge in [0.2, 0.25) is 5.91 Å². The average Bonchev–Trinajstić information content (AvgIpc) is 3.15. The highest BCUT2D eigenvalue weighted by atomic mass is 16.2. The van der Waals surface area contributed by atoms with E-state index in [1.807, 2.05) is 0 Å². The van der Waals surface area contributed by atoms with Gasteiger partial charge in [-0.1, -0.05) is 12.8 Å². The highest BCUT2D eigenvalue weighted by Crippen LogP contribution is 2.49. The lowest BCUT2D eigenvalue weighted by atomic mass is 9.87. The van der Waals surface area contributed by atoms with Crippen molar-refractivity contribution in [3.05, 3.63) is 0 Å². The third-order valence-electron chi connectivity index (χ3n) is 6.00. The summed E-state index contributed by atoms with van der Waals surface area (Å²) >= 11 is 0. The van der Waals surface area contributed by atoms with E-state index in [0.29, 0.717) is 29.7 Å². The Morgan fingerprint density at radius 1 is 1.21 bits per heavy atom. The minimum Gasteiger partial charge on any atom is -0.339 e. The molecule has 5 atom stereocenters. The van der Waals surface area contributed by atoms with Crippen molar-refractivity contribution in [3.8, 4) is 0 Å². The Hall–Kier alpha value is -0.570. The second-order valence-corrected chi connectivity index (χ2v) is 6.90. The maximum atomic E-state index is 12.9. The van der Waals surface area contributed by atoms with Crippen molar-refractivity contribution in [2.45, 2.75) is 57.9 Å². The molecule has 108 valence electrons. The van der Waals surface area contributed by atoms with Crippen molar-refractivity contribution in [1.29, 1.82) is 0 Å². The number of amides is 1. The third kappa shape index (κ3) is 2.31. The summed E-state index contributed by atoms with van der Waals surface area (Å²) in [5.74, 6) is 2.90. The fraction of sp³-hybridized carbons (Fsp3) is 0.938. The predicted molar refractivity (Wildman–Crippen MR) is 76.5 cm³/mol. The van der Waals surface area contributed by atoms with Crippen LogP contribution in [0.25, 0.3) is 0 Å². The molecule has 0 aromatic carbocycles. The average molecular weight is 264 g/mol. The van der Waals surface area contributed by atoms with Gasteiger partial charge in [-0.05, 0) is 63.3 Å². The zero-order valence-electron chi connectivity index (χ0n) is 12.2. The fourth-order valence-electron chi connectivity index (χ4n) is 5.02. The Morgan fingerprint density at radius 2 is 2.05 bits per heavy atom. The van der Waals surface area contributed by atoms with E-state index in [-0.39, 0.29) is 0 Å². The molecule has 5 unspecified atom stereocenters. The molecule has 3 heteroatoms. The van der Waals surface area contributed by atoms with Crippen LogP contribution in [0.4, 0.5) is 0 Å². The number of fused-ring (bicyclic) bond motifs is 2. The molecular formula is C16H28N2O. The highest BCUT2D eigenvalue weighted by molar-refractivity contribution is 5.80. The zero-order valence-corrected chi connectivity index (χ0v) is 12.2. The Labute approximate surface area is 116 Å². The number of hydrogen-bond donors (Lipinski definition) is 1. The summed E-state index contributed by atoms with van der Waals surface area (Å²) in [5, 5.41) is 0. The first kappa shape index (κ1) is 13.4. The van der Waals surface area contributed by atoms with Crippen LogP contribution in [0.2, 0.25) is 0 Å². The van der Waals surface area contributed by atoms with Crippen LogP contribution in [0.15, 0.2) is 0 Å². The van der Waals surface area contributed by atoms with Crippen molar-refractivity contribution < 1.29 is 4.79 Å². The van der Waals surface area contributed by atoms with Gasteiger partial charge in [0, 0.05) is 18.5 Å². The Kier molecular flexibility index (Phi) is 3.84. The second kappa shape index (κ2) is 5.43. The maximum absolute atomic E-state index is 12.9. The van der Waals surface area contributed by atoms with Gasteiger partial charge in [-0.3, -0.25) is 4.79 Å². The second-order valence-electron chi connectivity index (χ2n) is 6.90. The molecule has 3 saturated carbocycles. The first-order valence-electron chi connectivity index (χ1n) is 8.25. The zero-order chi connectivity index (χ0) is 13.4. The first-order chi connectivity index (χ1) is 9.24. The van der Waals surface area contributed by atoms with Gasteiger partial charge < -0.3 is 10.6 Å². The van der Waals surface area contributed by atoms with Crippen molar-refractivity contribution in [1.82, 2.24) is 4.90 Å². The molecule has 0 heterocycles. The lowest BCUT2D eigenvalue weighted by Crippen LogP contribution is -2.47. The van der Waals surface area contributed by atoms with Crippen LogP contribution in [0.1, 0.15) is 51.9 Å². The normalized spacial score (nSPS) is 40.8. The number of rotatable bonds is 4. The maximum Gasteiger partial charge on any atom is 0.226 e. The number of carbonyl (C=O) groups excluding carboxylic acids is 1. The lowest BCUT2D eigenvalue weighted by molar-refractivity contribution is -0.140. The van der Waals surface area contributed by atoms with E-state index in [1.165, 1.54) is 44.9 Å². The number of hydrogen-bond acceptors (Lipinski definition) is 2. The molecule has 3 aliphatic rings. The van der Waals surface area contributed by atoms with Crippen molar-refractivity contribution >= 4 is 5.91 Å². The van der Waals surface area contributed by atoms with Crippen LogP contribution in [0.3, 0.4) is 0 Å². The molecule has 0 spiro atoms. The molecule has 2 bridgehead atoms. The molecule has 3 rings (SSSR count). The summed E-state index contributed by atoms with van der Waals surface area (Å²) in [5.41, 5.74) is 5.89. The summed E-state index contributed by atoms with van der Waals surface area (Å²) in [6.45, 7) is 3.75. The lowest BCUT2D eigenvalue weighted by Gasteiger charge is -2.35. The predicted octanol–water partition coefficient (Wildman–Crippen LogP) is 2.40. The monoisotopic (exact) mass is 264 g/mol. The molecular weight excluding hydrogens is 236 g/mol. The van der Waals surface area contributed by atoms with Gasteiger partial charge in [-0.25, -0.2) is 0 Å². The molecule has 19 heavy (non-hydrogen) atoms. The SMILES string of the molecule is CCN(C(=O)C1CC2CCC1C2)C1CCCC1CN. The Balaban J connectivity index is 1.69. The van der Waals surface area contributed by atoms with E-state index < -0.39 is 0 Å². The Morgan fingerprint density at radius 3 is 2.63 bits per heavy atom. The van der Waals surface area contributed by atoms with Crippen molar-refractivity contribution in [3.63, 3.8) is 0 Å². The molecule has 0 aromatic rings. The van der Waals surface area contributed by atoms with Gasteiger partial charge >= 0.3 is 0 Å². The van der Waals surface area contributed by atoms with E-state index in [4.69, 9.17) is 5.73 Å². The highest BCUT2D eigenvalue weighted by Gasteiger charge is 2.46. The van der Waals surface area contributed by atoms with Gasteiger partial charge in [-0.15, -0.1) is 0 Å². The minimum atomic E-state index is 0.345. The molecule has 0 aliphatic heterocycles. The quantitative estimate of drug-likeness (QED) is 0.847. The molecule has 1 amide bonds. The number of carbonyl (C=O) groups is 1. The summed E-state index contributed by atoms with van der Waals surface area (Å²) in [6, 6.07) is 0.432. The minimum absolute atomic E-state index is 0.345. The molecule has 0 saturated heterocycles. The van der Waals surface area contributed by atoms with Crippen LogP contribution in [-0.4, -0.2) is 29.9 Å². The summed E-state index contributed by atoms with van der Waals surface area (Å²) in [6.07, 6.45) is 8.77. The van der Waals surface area contributed by atoms with Gasteiger partial charge in [0.25, 0.3) is 0 Å². The van der Waals surface area contributed by atoms with E-state index in [9.17, 15) is 4.79 Å². The van der Waals surface area contributed by atoms with Crippen molar-refractivity contribution in [2.24, 2.45) is 29.4 Å². The summed E-state index contributed by atoms with van der Waals surface area (Å²) < 4.78 is 0. The van der Waals surface area contributed by atoms with Crippen LogP contribution < -0.4 is 5.73 Å². The first-order valence-corrected chi connectivity index (χ1v) is 8.25.